The second-order valence-corrected chi connectivity index (χ2v) is 10.1. The van der Waals surface area contributed by atoms with Crippen molar-refractivity contribution < 1.29 is 14.0 Å². The van der Waals surface area contributed by atoms with Crippen LogP contribution in [0.25, 0.3) is 0 Å². The summed E-state index contributed by atoms with van der Waals surface area (Å²) in [5.41, 5.74) is 0. The van der Waals surface area contributed by atoms with Gasteiger partial charge in [-0.1, -0.05) is 61.1 Å². The molecule has 0 atom stereocenters. The molecule has 3 aliphatic heterocycles. The minimum absolute atomic E-state index is 0.799. The van der Waals surface area contributed by atoms with Gasteiger partial charge in [0.25, 0.3) is 0 Å². The molecule has 3 aromatic carbocycles. The normalized spacial score (nSPS) is 16.1. The van der Waals surface area contributed by atoms with Crippen molar-refractivity contribution in [2.45, 2.75) is 6.55 Å². The first-order valence-electron chi connectivity index (χ1n) is 8.05. The van der Waals surface area contributed by atoms with Crippen molar-refractivity contribution in [2.24, 2.45) is 0 Å². The molecule has 6 rings (SSSR count). The molecule has 24 heavy (non-hydrogen) atoms. The Hall–Kier alpha value is -2.66. The third kappa shape index (κ3) is 1.79. The Bertz CT molecular complexity index is 823. The van der Waals surface area contributed by atoms with Crippen molar-refractivity contribution in [3.63, 3.8) is 0 Å². The molecular formula is C19H15BO3Si. The number of rotatable bonds is 0. The van der Waals surface area contributed by atoms with Crippen molar-refractivity contribution in [3.05, 3.63) is 72.8 Å². The van der Waals surface area contributed by atoms with Crippen molar-refractivity contribution in [3.8, 4) is 17.2 Å². The van der Waals surface area contributed by atoms with E-state index in [1.807, 2.05) is 36.4 Å². The monoisotopic (exact) mass is 330 g/mol. The van der Waals surface area contributed by atoms with Crippen molar-refractivity contribution in [2.75, 3.05) is 0 Å². The van der Waals surface area contributed by atoms with E-state index in [1.54, 1.807) is 0 Å². The molecule has 3 aliphatic rings. The van der Waals surface area contributed by atoms with Gasteiger partial charge in [-0.15, -0.1) is 0 Å². The molecule has 0 N–H and O–H groups in total. The maximum atomic E-state index is 6.08. The average Bonchev–Trinajstić information content (AvgIpc) is 2.60. The van der Waals surface area contributed by atoms with E-state index in [1.165, 1.54) is 15.6 Å². The van der Waals surface area contributed by atoms with E-state index in [0.29, 0.717) is 0 Å². The van der Waals surface area contributed by atoms with Gasteiger partial charge in [-0.25, -0.2) is 0 Å². The molecule has 0 saturated carbocycles. The van der Waals surface area contributed by atoms with Crippen molar-refractivity contribution in [1.29, 1.82) is 0 Å². The van der Waals surface area contributed by atoms with Crippen LogP contribution in [0.15, 0.2) is 72.8 Å². The molecule has 5 heteroatoms. The van der Waals surface area contributed by atoms with Gasteiger partial charge in [0.05, 0.1) is 0 Å². The SMILES string of the molecule is C[Si]12c3ccccc3OB(Oc3ccccc31)Oc1ccccc12. The zero-order valence-corrected chi connectivity index (χ0v) is 14.2. The smallest absolute Gasteiger partial charge is 0.490 e. The highest BCUT2D eigenvalue weighted by atomic mass is 28.3. The Morgan fingerprint density at radius 2 is 0.917 bits per heavy atom. The highest BCUT2D eigenvalue weighted by molar-refractivity contribution is 7.12. The van der Waals surface area contributed by atoms with E-state index in [9.17, 15) is 0 Å². The fourth-order valence-corrected chi connectivity index (χ4v) is 7.83. The summed E-state index contributed by atoms with van der Waals surface area (Å²) in [5.74, 6) is 2.54. The highest BCUT2D eigenvalue weighted by Gasteiger charge is 2.48. The summed E-state index contributed by atoms with van der Waals surface area (Å²) in [6, 6.07) is 24.8. The Labute approximate surface area is 142 Å². The van der Waals surface area contributed by atoms with Crippen LogP contribution in [0.3, 0.4) is 0 Å². The fourth-order valence-electron chi connectivity index (χ4n) is 3.77. The molecule has 0 amide bonds. The van der Waals surface area contributed by atoms with Gasteiger partial charge in [0, 0.05) is 0 Å². The lowest BCUT2D eigenvalue weighted by Gasteiger charge is -2.38. The van der Waals surface area contributed by atoms with Gasteiger partial charge in [0.15, 0.2) is 8.07 Å². The Morgan fingerprint density at radius 3 is 1.29 bits per heavy atom. The standard InChI is InChI=1S/C19H15BO3Si/c1-24-17-11-5-2-8-14(17)21-20(22-15-9-3-6-12-18(15)24)23-16-10-4-7-13-19(16)24/h2-13H,1H3. The van der Waals surface area contributed by atoms with E-state index in [2.05, 4.69) is 42.9 Å². The minimum Gasteiger partial charge on any atom is -0.490 e. The van der Waals surface area contributed by atoms with Crippen LogP contribution in [-0.2, 0) is 0 Å². The summed E-state index contributed by atoms with van der Waals surface area (Å²) in [5, 5.41) is 3.75. The van der Waals surface area contributed by atoms with Gasteiger partial charge in [-0.2, -0.15) is 0 Å². The summed E-state index contributed by atoms with van der Waals surface area (Å²) in [7, 11) is -3.12. The maximum absolute atomic E-state index is 6.08. The van der Waals surface area contributed by atoms with E-state index >= 15 is 0 Å². The van der Waals surface area contributed by atoms with E-state index in [4.69, 9.17) is 14.0 Å². The van der Waals surface area contributed by atoms with Gasteiger partial charge >= 0.3 is 7.32 Å². The van der Waals surface area contributed by atoms with E-state index < -0.39 is 15.4 Å². The average molecular weight is 330 g/mol. The van der Waals surface area contributed by atoms with Crippen LogP contribution in [0.5, 0.6) is 17.2 Å². The topological polar surface area (TPSA) is 27.7 Å². The molecule has 0 aliphatic carbocycles. The third-order valence-electron chi connectivity index (χ3n) is 4.95. The summed E-state index contributed by atoms with van der Waals surface area (Å²) in [6.45, 7) is 2.34. The first-order valence-corrected chi connectivity index (χ1v) is 10.6. The molecule has 0 saturated heterocycles. The molecule has 0 spiro atoms. The largest absolute Gasteiger partial charge is 0.864 e. The Kier molecular flexibility index (Phi) is 2.82. The first-order chi connectivity index (χ1) is 11.8. The highest BCUT2D eigenvalue weighted by Crippen LogP contribution is 2.28. The van der Waals surface area contributed by atoms with Gasteiger partial charge in [0.2, 0.25) is 0 Å². The number of hydrogen-bond donors (Lipinski definition) is 0. The van der Waals surface area contributed by atoms with Crippen LogP contribution in [0.4, 0.5) is 0 Å². The first kappa shape index (κ1) is 13.8. The number of benzene rings is 3. The summed E-state index contributed by atoms with van der Waals surface area (Å²) in [4.78, 5) is 0. The van der Waals surface area contributed by atoms with Gasteiger partial charge in [-0.3, -0.25) is 0 Å². The minimum atomic E-state index is -2.32. The van der Waals surface area contributed by atoms with Crippen LogP contribution in [0, 0.1) is 0 Å². The zero-order valence-electron chi connectivity index (χ0n) is 13.2. The Morgan fingerprint density at radius 1 is 0.583 bits per heavy atom. The van der Waals surface area contributed by atoms with E-state index in [0.717, 1.165) is 17.2 Å². The van der Waals surface area contributed by atoms with Gasteiger partial charge < -0.3 is 14.0 Å². The number of para-hydroxylation sites is 3. The summed E-state index contributed by atoms with van der Waals surface area (Å²) < 4.78 is 18.2. The second-order valence-electron chi connectivity index (χ2n) is 6.26. The molecule has 3 heterocycles. The molecule has 2 bridgehead atoms. The zero-order chi connectivity index (χ0) is 16.1. The van der Waals surface area contributed by atoms with Crippen LogP contribution in [0.2, 0.25) is 6.55 Å². The summed E-state index contributed by atoms with van der Waals surface area (Å²) >= 11 is 0. The molecule has 0 unspecified atom stereocenters. The quantitative estimate of drug-likeness (QED) is 0.590. The Balaban J connectivity index is 1.95. The van der Waals surface area contributed by atoms with Crippen molar-refractivity contribution in [1.82, 2.24) is 0 Å². The molecule has 3 aromatic rings. The van der Waals surface area contributed by atoms with Crippen LogP contribution in [0.1, 0.15) is 0 Å². The molecule has 3 nitrogen and oxygen atoms in total. The predicted octanol–water partition coefficient (Wildman–Crippen LogP) is 1.94. The van der Waals surface area contributed by atoms with Crippen LogP contribution in [-0.4, -0.2) is 15.4 Å². The lowest BCUT2D eigenvalue weighted by atomic mass is 10.1. The predicted molar refractivity (Wildman–Crippen MR) is 97.5 cm³/mol. The molecule has 0 fully saturated rings. The third-order valence-corrected chi connectivity index (χ3v) is 9.42. The van der Waals surface area contributed by atoms with E-state index in [-0.39, 0.29) is 0 Å². The number of hydrogen-bond acceptors (Lipinski definition) is 3. The lowest BCUT2D eigenvalue weighted by Crippen LogP contribution is -2.68. The second kappa shape index (κ2) is 4.92. The van der Waals surface area contributed by atoms with Crippen LogP contribution < -0.4 is 29.5 Å². The van der Waals surface area contributed by atoms with Gasteiger partial charge in [0.1, 0.15) is 17.2 Å². The van der Waals surface area contributed by atoms with Gasteiger partial charge in [-0.05, 0) is 33.8 Å². The molecular weight excluding hydrogens is 315 g/mol. The maximum Gasteiger partial charge on any atom is 0.864 e. The molecule has 116 valence electrons. The fraction of sp³-hybridized carbons (Fsp3) is 0.0526. The lowest BCUT2D eigenvalue weighted by molar-refractivity contribution is 0.308. The van der Waals surface area contributed by atoms with Crippen molar-refractivity contribution >= 4 is 31.0 Å². The molecule has 0 radical (unpaired) electrons. The molecule has 0 aromatic heterocycles. The summed E-state index contributed by atoms with van der Waals surface area (Å²) in [6.07, 6.45) is 0. The van der Waals surface area contributed by atoms with Crippen LogP contribution >= 0.6 is 0 Å².